The van der Waals surface area contributed by atoms with Crippen LogP contribution in [0.1, 0.15) is 36.8 Å². The summed E-state index contributed by atoms with van der Waals surface area (Å²) in [6.07, 6.45) is 6.91. The van der Waals surface area contributed by atoms with E-state index < -0.39 is 17.8 Å². The van der Waals surface area contributed by atoms with Gasteiger partial charge in [-0.1, -0.05) is 18.2 Å². The van der Waals surface area contributed by atoms with Gasteiger partial charge in [0.1, 0.15) is 12.4 Å². The van der Waals surface area contributed by atoms with E-state index in [2.05, 4.69) is 11.9 Å². The standard InChI is InChI=1S/C20H23NO5/c1-3-4-5-6-7-14-8-9-15(17(10-14)25-2)13-26-19(23)12-16-11-18(22)21-20(16)24/h3,8-11H,1,4-7,12-13H2,2H3,(H,21,22,24). The zero-order valence-electron chi connectivity index (χ0n) is 14.9. The van der Waals surface area contributed by atoms with Gasteiger partial charge in [-0.3, -0.25) is 19.7 Å². The molecular weight excluding hydrogens is 334 g/mol. The first-order chi connectivity index (χ1) is 12.5. The van der Waals surface area contributed by atoms with Gasteiger partial charge in [0, 0.05) is 17.2 Å². The molecule has 26 heavy (non-hydrogen) atoms. The number of hydrogen-bond donors (Lipinski definition) is 1. The van der Waals surface area contributed by atoms with Crippen LogP contribution in [0.15, 0.2) is 42.5 Å². The Bertz CT molecular complexity index is 736. The van der Waals surface area contributed by atoms with Crippen molar-refractivity contribution in [1.29, 1.82) is 0 Å². The number of methoxy groups -OCH3 is 1. The second-order valence-corrected chi connectivity index (χ2v) is 6.01. The monoisotopic (exact) mass is 357 g/mol. The van der Waals surface area contributed by atoms with Gasteiger partial charge in [-0.05, 0) is 37.3 Å². The number of esters is 1. The van der Waals surface area contributed by atoms with Gasteiger partial charge in [-0.15, -0.1) is 6.58 Å². The molecule has 1 aromatic rings. The fraction of sp³-hybridized carbons (Fsp3) is 0.350. The average molecular weight is 357 g/mol. The highest BCUT2D eigenvalue weighted by molar-refractivity contribution is 6.17. The molecule has 138 valence electrons. The molecule has 1 heterocycles. The largest absolute Gasteiger partial charge is 0.496 e. The Morgan fingerprint density at radius 2 is 2.08 bits per heavy atom. The van der Waals surface area contributed by atoms with Gasteiger partial charge in [-0.25, -0.2) is 0 Å². The number of hydrogen-bond acceptors (Lipinski definition) is 5. The second-order valence-electron chi connectivity index (χ2n) is 6.01. The molecule has 0 saturated heterocycles. The lowest BCUT2D eigenvalue weighted by Gasteiger charge is -2.11. The number of benzene rings is 1. The molecule has 1 N–H and O–H groups in total. The van der Waals surface area contributed by atoms with E-state index in [1.165, 1.54) is 0 Å². The summed E-state index contributed by atoms with van der Waals surface area (Å²) >= 11 is 0. The Morgan fingerprint density at radius 3 is 2.73 bits per heavy atom. The number of amides is 2. The van der Waals surface area contributed by atoms with Crippen LogP contribution in [0.25, 0.3) is 0 Å². The minimum Gasteiger partial charge on any atom is -0.496 e. The van der Waals surface area contributed by atoms with Gasteiger partial charge in [-0.2, -0.15) is 0 Å². The van der Waals surface area contributed by atoms with Gasteiger partial charge in [0.15, 0.2) is 0 Å². The van der Waals surface area contributed by atoms with Crippen LogP contribution in [-0.4, -0.2) is 24.9 Å². The number of rotatable bonds is 10. The molecule has 0 bridgehead atoms. The lowest BCUT2D eigenvalue weighted by molar-refractivity contribution is -0.144. The van der Waals surface area contributed by atoms with Crippen molar-refractivity contribution in [1.82, 2.24) is 5.32 Å². The van der Waals surface area contributed by atoms with Gasteiger partial charge in [0.25, 0.3) is 11.8 Å². The SMILES string of the molecule is C=CCCCCc1ccc(COC(=O)CC2=CC(=O)NC2=O)c(OC)c1. The van der Waals surface area contributed by atoms with Crippen molar-refractivity contribution in [3.63, 3.8) is 0 Å². The second kappa shape index (κ2) is 9.56. The van der Waals surface area contributed by atoms with Crippen LogP contribution in [-0.2, 0) is 32.1 Å². The normalized spacial score (nSPS) is 13.2. The van der Waals surface area contributed by atoms with Gasteiger partial charge in [0.05, 0.1) is 13.5 Å². The zero-order valence-corrected chi connectivity index (χ0v) is 14.9. The average Bonchev–Trinajstić information content (AvgIpc) is 2.94. The van der Waals surface area contributed by atoms with Crippen molar-refractivity contribution >= 4 is 17.8 Å². The van der Waals surface area contributed by atoms with Crippen LogP contribution < -0.4 is 10.1 Å². The van der Waals surface area contributed by atoms with Crippen LogP contribution in [0, 0.1) is 0 Å². The molecule has 0 saturated carbocycles. The van der Waals surface area contributed by atoms with Crippen molar-refractivity contribution in [2.45, 2.75) is 38.7 Å². The molecule has 1 aliphatic rings. The first-order valence-corrected chi connectivity index (χ1v) is 8.51. The lowest BCUT2D eigenvalue weighted by Crippen LogP contribution is -2.23. The number of nitrogens with one attached hydrogen (secondary N) is 1. The van der Waals surface area contributed by atoms with E-state index in [-0.39, 0.29) is 18.6 Å². The maximum absolute atomic E-state index is 11.9. The molecule has 0 aliphatic carbocycles. The molecular formula is C20H23NO5. The maximum atomic E-state index is 11.9. The molecule has 2 rings (SSSR count). The number of ether oxygens (including phenoxy) is 2. The summed E-state index contributed by atoms with van der Waals surface area (Å²) in [4.78, 5) is 34.4. The highest BCUT2D eigenvalue weighted by atomic mass is 16.5. The summed E-state index contributed by atoms with van der Waals surface area (Å²) < 4.78 is 10.6. The van der Waals surface area contributed by atoms with Crippen LogP contribution in [0.5, 0.6) is 5.75 Å². The van der Waals surface area contributed by atoms with E-state index in [9.17, 15) is 14.4 Å². The summed E-state index contributed by atoms with van der Waals surface area (Å²) in [5.74, 6) is -0.975. The topological polar surface area (TPSA) is 81.7 Å². The molecule has 0 spiro atoms. The third-order valence-electron chi connectivity index (χ3n) is 4.03. The van der Waals surface area contributed by atoms with Gasteiger partial charge < -0.3 is 9.47 Å². The molecule has 0 radical (unpaired) electrons. The minimum atomic E-state index is -0.573. The van der Waals surface area contributed by atoms with Gasteiger partial charge >= 0.3 is 5.97 Å². The zero-order chi connectivity index (χ0) is 18.9. The van der Waals surface area contributed by atoms with Crippen LogP contribution in [0.4, 0.5) is 0 Å². The molecule has 0 atom stereocenters. The van der Waals surface area contributed by atoms with Crippen LogP contribution in [0.2, 0.25) is 0 Å². The number of carbonyl (C=O) groups excluding carboxylic acids is 3. The Labute approximate surface area is 152 Å². The fourth-order valence-electron chi connectivity index (χ4n) is 2.63. The van der Waals surface area contributed by atoms with E-state index in [1.54, 1.807) is 7.11 Å². The summed E-state index contributed by atoms with van der Waals surface area (Å²) in [6, 6.07) is 5.81. The Balaban J connectivity index is 1.89. The highest BCUT2D eigenvalue weighted by Gasteiger charge is 2.23. The van der Waals surface area contributed by atoms with E-state index in [4.69, 9.17) is 9.47 Å². The molecule has 6 nitrogen and oxygen atoms in total. The molecule has 6 heteroatoms. The van der Waals surface area contributed by atoms with Crippen LogP contribution >= 0.6 is 0 Å². The predicted octanol–water partition coefficient (Wildman–Crippen LogP) is 2.61. The smallest absolute Gasteiger partial charge is 0.310 e. The van der Waals surface area contributed by atoms with Crippen molar-refractivity contribution in [2.75, 3.05) is 7.11 Å². The molecule has 0 aromatic heterocycles. The van der Waals surface area contributed by atoms with Crippen LogP contribution in [0.3, 0.4) is 0 Å². The quantitative estimate of drug-likeness (QED) is 0.301. The summed E-state index contributed by atoms with van der Waals surface area (Å²) in [7, 11) is 1.57. The highest BCUT2D eigenvalue weighted by Crippen LogP contribution is 2.23. The lowest BCUT2D eigenvalue weighted by atomic mass is 10.0. The molecule has 1 aliphatic heterocycles. The van der Waals surface area contributed by atoms with E-state index >= 15 is 0 Å². The number of unbranched alkanes of at least 4 members (excludes halogenated alkanes) is 2. The van der Waals surface area contributed by atoms with E-state index in [0.717, 1.165) is 42.9 Å². The third-order valence-corrected chi connectivity index (χ3v) is 4.03. The summed E-state index contributed by atoms with van der Waals surface area (Å²) in [5, 5.41) is 2.09. The Morgan fingerprint density at radius 1 is 1.27 bits per heavy atom. The first-order valence-electron chi connectivity index (χ1n) is 8.51. The van der Waals surface area contributed by atoms with Crippen molar-refractivity contribution < 1.29 is 23.9 Å². The maximum Gasteiger partial charge on any atom is 0.310 e. The van der Waals surface area contributed by atoms with Gasteiger partial charge in [0.2, 0.25) is 0 Å². The fourth-order valence-corrected chi connectivity index (χ4v) is 2.63. The molecule has 1 aromatic carbocycles. The number of imide groups is 1. The van der Waals surface area contributed by atoms with E-state index in [1.807, 2.05) is 24.3 Å². The first kappa shape index (κ1) is 19.4. The number of carbonyl (C=O) groups is 3. The Hall–Kier alpha value is -2.89. The molecule has 0 unspecified atom stereocenters. The summed E-state index contributed by atoms with van der Waals surface area (Å²) in [6.45, 7) is 3.76. The Kier molecular flexibility index (Phi) is 7.14. The molecule has 0 fully saturated rings. The van der Waals surface area contributed by atoms with Crippen molar-refractivity contribution in [3.8, 4) is 5.75 Å². The third kappa shape index (κ3) is 5.58. The number of allylic oxidation sites excluding steroid dienone is 1. The summed E-state index contributed by atoms with van der Waals surface area (Å²) in [5.41, 5.74) is 2.02. The van der Waals surface area contributed by atoms with E-state index in [0.29, 0.717) is 5.75 Å². The minimum absolute atomic E-state index is 0.0433. The predicted molar refractivity (Wildman–Crippen MR) is 96.4 cm³/mol. The molecule has 2 amide bonds. The number of aryl methyl sites for hydroxylation is 1. The van der Waals surface area contributed by atoms with Crippen molar-refractivity contribution in [3.05, 3.63) is 53.6 Å². The van der Waals surface area contributed by atoms with Crippen molar-refractivity contribution in [2.24, 2.45) is 0 Å².